The van der Waals surface area contributed by atoms with Crippen molar-refractivity contribution in [2.75, 3.05) is 25.0 Å². The predicted octanol–water partition coefficient (Wildman–Crippen LogP) is 2.95. The number of fused-ring (bicyclic) bond motifs is 1. The summed E-state index contributed by atoms with van der Waals surface area (Å²) in [5.74, 6) is 6.89. The minimum Gasteiger partial charge on any atom is -0.478 e. The first-order valence-corrected chi connectivity index (χ1v) is 10.4. The minimum atomic E-state index is -0.412. The molecule has 1 aliphatic carbocycles. The number of carbonyl (C=O) groups excluding carboxylic acids is 1. The number of ether oxygens (including phenoxy) is 1. The van der Waals surface area contributed by atoms with E-state index in [-0.39, 0.29) is 30.2 Å². The zero-order chi connectivity index (χ0) is 21.2. The maximum atomic E-state index is 13.6. The number of amides is 1. The van der Waals surface area contributed by atoms with Crippen molar-refractivity contribution in [2.24, 2.45) is 5.92 Å². The Labute approximate surface area is 179 Å². The van der Waals surface area contributed by atoms with Crippen LogP contribution in [0.1, 0.15) is 25.0 Å². The van der Waals surface area contributed by atoms with Crippen LogP contribution in [0, 0.1) is 23.6 Å². The number of rotatable bonds is 5. The average Bonchev–Trinajstić information content (AvgIpc) is 3.37. The zero-order valence-corrected chi connectivity index (χ0v) is 16.9. The summed E-state index contributed by atoms with van der Waals surface area (Å²) in [5, 5.41) is 4.30. The third-order valence-electron chi connectivity index (χ3n) is 5.55. The summed E-state index contributed by atoms with van der Waals surface area (Å²) < 4.78 is 18.9. The monoisotopic (exact) mass is 419 g/mol. The lowest BCUT2D eigenvalue weighted by Crippen LogP contribution is -2.32. The van der Waals surface area contributed by atoms with E-state index < -0.39 is 5.82 Å². The van der Waals surface area contributed by atoms with Gasteiger partial charge in [0.2, 0.25) is 5.91 Å². The van der Waals surface area contributed by atoms with E-state index in [4.69, 9.17) is 4.74 Å². The molecule has 2 aliphatic rings. The number of nitrogens with zero attached hydrogens (tertiary/aromatic N) is 3. The second-order valence-corrected chi connectivity index (χ2v) is 7.88. The van der Waals surface area contributed by atoms with Gasteiger partial charge in [-0.1, -0.05) is 18.1 Å². The molecule has 1 aliphatic heterocycles. The van der Waals surface area contributed by atoms with Crippen LogP contribution in [0.25, 0.3) is 11.0 Å². The Morgan fingerprint density at radius 2 is 2.16 bits per heavy atom. The van der Waals surface area contributed by atoms with Crippen molar-refractivity contribution >= 4 is 22.8 Å². The lowest BCUT2D eigenvalue weighted by molar-refractivity contribution is -0.131. The molecule has 1 amide bonds. The molecular formula is C23H22FN5O2. The van der Waals surface area contributed by atoms with E-state index in [1.54, 1.807) is 18.2 Å². The number of benzene rings is 1. The summed E-state index contributed by atoms with van der Waals surface area (Å²) in [5.41, 5.74) is 1.35. The molecule has 3 aromatic rings. The van der Waals surface area contributed by atoms with Crippen molar-refractivity contribution in [3.05, 3.63) is 48.2 Å². The van der Waals surface area contributed by atoms with Gasteiger partial charge in [0.1, 0.15) is 24.4 Å². The third-order valence-corrected chi connectivity index (χ3v) is 5.55. The highest BCUT2D eigenvalue weighted by molar-refractivity contribution is 5.88. The average molecular weight is 419 g/mol. The summed E-state index contributed by atoms with van der Waals surface area (Å²) in [6, 6.07) is 8.28. The van der Waals surface area contributed by atoms with Crippen molar-refractivity contribution in [1.29, 1.82) is 0 Å². The molecule has 2 N–H and O–H groups in total. The molecule has 5 rings (SSSR count). The lowest BCUT2D eigenvalue weighted by Gasteiger charge is -2.17. The standard InChI is InChI=1S/C23H22FN5O2/c24-19-5-1-2-6-20(19)31-11-3-4-16-12-18-21(27-16)25-14-26-22(18)28-17-9-10-29(13-17)23(30)15-7-8-15/h1-2,5-6,12,14-15,17H,7-11,13H2,(H2,25,26,27,28). The van der Waals surface area contributed by atoms with E-state index in [0.717, 1.165) is 37.0 Å². The van der Waals surface area contributed by atoms with Gasteiger partial charge in [-0.05, 0) is 43.4 Å². The molecule has 3 heterocycles. The van der Waals surface area contributed by atoms with Crippen LogP contribution >= 0.6 is 0 Å². The molecule has 2 aromatic heterocycles. The van der Waals surface area contributed by atoms with Crippen LogP contribution < -0.4 is 10.1 Å². The van der Waals surface area contributed by atoms with Gasteiger partial charge in [0.05, 0.1) is 11.1 Å². The number of carbonyl (C=O) groups is 1. The van der Waals surface area contributed by atoms with Crippen molar-refractivity contribution in [2.45, 2.75) is 25.3 Å². The smallest absolute Gasteiger partial charge is 0.225 e. The van der Waals surface area contributed by atoms with Gasteiger partial charge in [-0.2, -0.15) is 0 Å². The zero-order valence-electron chi connectivity index (χ0n) is 16.9. The van der Waals surface area contributed by atoms with Gasteiger partial charge in [0.25, 0.3) is 0 Å². The largest absolute Gasteiger partial charge is 0.478 e. The molecule has 0 radical (unpaired) electrons. The van der Waals surface area contributed by atoms with Crippen LogP contribution in [0.2, 0.25) is 0 Å². The fraction of sp³-hybridized carbons (Fsp3) is 0.348. The van der Waals surface area contributed by atoms with Crippen LogP contribution in [0.15, 0.2) is 36.7 Å². The first-order chi connectivity index (χ1) is 15.2. The van der Waals surface area contributed by atoms with E-state index in [1.807, 2.05) is 11.0 Å². The molecule has 0 spiro atoms. The van der Waals surface area contributed by atoms with E-state index in [9.17, 15) is 9.18 Å². The summed E-state index contributed by atoms with van der Waals surface area (Å²) >= 11 is 0. The minimum absolute atomic E-state index is 0.0695. The Morgan fingerprint density at radius 1 is 1.29 bits per heavy atom. The fourth-order valence-electron chi connectivity index (χ4n) is 3.79. The number of halogens is 1. The van der Waals surface area contributed by atoms with Crippen molar-refractivity contribution in [1.82, 2.24) is 19.9 Å². The van der Waals surface area contributed by atoms with Crippen molar-refractivity contribution in [3.63, 3.8) is 0 Å². The Bertz CT molecular complexity index is 1180. The van der Waals surface area contributed by atoms with Gasteiger partial charge < -0.3 is 19.9 Å². The number of nitrogens with one attached hydrogen (secondary N) is 2. The number of likely N-dealkylation sites (tertiary alicyclic amines) is 1. The van der Waals surface area contributed by atoms with Gasteiger partial charge in [0, 0.05) is 25.0 Å². The van der Waals surface area contributed by atoms with Crippen LogP contribution in [-0.4, -0.2) is 51.5 Å². The van der Waals surface area contributed by atoms with E-state index >= 15 is 0 Å². The SMILES string of the molecule is O=C(C1CC1)N1CCC(Nc2ncnc3[nH]c(C#CCOc4ccccc4F)cc23)C1. The lowest BCUT2D eigenvalue weighted by atomic mass is 10.2. The van der Waals surface area contributed by atoms with Gasteiger partial charge in [-0.25, -0.2) is 14.4 Å². The topological polar surface area (TPSA) is 83.1 Å². The third kappa shape index (κ3) is 4.31. The predicted molar refractivity (Wildman–Crippen MR) is 114 cm³/mol. The second-order valence-electron chi connectivity index (χ2n) is 7.88. The Balaban J connectivity index is 1.24. The van der Waals surface area contributed by atoms with Gasteiger partial charge >= 0.3 is 0 Å². The maximum Gasteiger partial charge on any atom is 0.225 e. The fourth-order valence-corrected chi connectivity index (χ4v) is 3.79. The number of aromatic amines is 1. The van der Waals surface area contributed by atoms with Crippen molar-refractivity contribution in [3.8, 4) is 17.6 Å². The number of para-hydroxylation sites is 1. The number of hydrogen-bond acceptors (Lipinski definition) is 5. The highest BCUT2D eigenvalue weighted by Gasteiger charge is 2.36. The van der Waals surface area contributed by atoms with Gasteiger partial charge in [-0.3, -0.25) is 4.79 Å². The van der Waals surface area contributed by atoms with Gasteiger partial charge in [-0.15, -0.1) is 0 Å². The molecule has 8 heteroatoms. The van der Waals surface area contributed by atoms with Crippen LogP contribution in [0.4, 0.5) is 10.2 Å². The number of anilines is 1. The van der Waals surface area contributed by atoms with E-state index in [1.165, 1.54) is 12.4 Å². The molecule has 1 saturated carbocycles. The number of H-pyrrole nitrogens is 1. The van der Waals surface area contributed by atoms with E-state index in [0.29, 0.717) is 17.9 Å². The van der Waals surface area contributed by atoms with Gasteiger partial charge in [0.15, 0.2) is 11.6 Å². The molecule has 1 unspecified atom stereocenters. The summed E-state index contributed by atoms with van der Waals surface area (Å²) in [7, 11) is 0. The van der Waals surface area contributed by atoms with Crippen LogP contribution in [-0.2, 0) is 4.79 Å². The quantitative estimate of drug-likeness (QED) is 0.622. The Hall–Kier alpha value is -3.60. The maximum absolute atomic E-state index is 13.6. The summed E-state index contributed by atoms with van der Waals surface area (Å²) in [6.07, 6.45) is 4.45. The Morgan fingerprint density at radius 3 is 3.00 bits per heavy atom. The second kappa shape index (κ2) is 8.26. The van der Waals surface area contributed by atoms with E-state index in [2.05, 4.69) is 32.1 Å². The first-order valence-electron chi connectivity index (χ1n) is 10.4. The molecule has 1 aromatic carbocycles. The molecule has 0 bridgehead atoms. The summed E-state index contributed by atoms with van der Waals surface area (Å²) in [6.45, 7) is 1.55. The highest BCUT2D eigenvalue weighted by atomic mass is 19.1. The normalized spacial score (nSPS) is 18.0. The molecule has 31 heavy (non-hydrogen) atoms. The first kappa shape index (κ1) is 19.4. The van der Waals surface area contributed by atoms with Crippen molar-refractivity contribution < 1.29 is 13.9 Å². The molecule has 158 valence electrons. The molecule has 2 fully saturated rings. The molecular weight excluding hydrogens is 397 g/mol. The summed E-state index contributed by atoms with van der Waals surface area (Å²) in [4.78, 5) is 26.1. The van der Waals surface area contributed by atoms with Crippen LogP contribution in [0.5, 0.6) is 5.75 Å². The Kier molecular flexibility index (Phi) is 5.16. The highest BCUT2D eigenvalue weighted by Crippen LogP contribution is 2.32. The molecule has 7 nitrogen and oxygen atoms in total. The molecule has 1 saturated heterocycles. The number of aromatic nitrogens is 3. The van der Waals surface area contributed by atoms with Crippen LogP contribution in [0.3, 0.4) is 0 Å². The number of hydrogen-bond donors (Lipinski definition) is 2. The molecule has 1 atom stereocenters.